The Morgan fingerprint density at radius 2 is 1.95 bits per heavy atom. The minimum Gasteiger partial charge on any atom is -0.444 e. The molecule has 3 rings (SSSR count). The normalized spacial score (nSPS) is 19.4. The lowest BCUT2D eigenvalue weighted by Gasteiger charge is -2.39. The summed E-state index contributed by atoms with van der Waals surface area (Å²) in [5.41, 5.74) is 1.00. The lowest BCUT2D eigenvalue weighted by molar-refractivity contribution is 0.0516. The maximum absolute atomic E-state index is 13.1. The summed E-state index contributed by atoms with van der Waals surface area (Å²) >= 11 is 3.21. The van der Waals surface area contributed by atoms with Crippen LogP contribution >= 0.6 is 15.9 Å². The number of hydrogen-bond acceptors (Lipinski definition) is 3. The van der Waals surface area contributed by atoms with E-state index in [4.69, 9.17) is 4.42 Å². The van der Waals surface area contributed by atoms with Gasteiger partial charge in [-0.2, -0.15) is 0 Å². The van der Waals surface area contributed by atoms with Crippen LogP contribution in [0.1, 0.15) is 22.2 Å². The van der Waals surface area contributed by atoms with Crippen LogP contribution in [0.4, 0.5) is 4.39 Å². The Bertz CT molecular complexity index is 671. The van der Waals surface area contributed by atoms with E-state index in [2.05, 4.69) is 20.8 Å². The molecular formula is C16H16BrFN2O2. The van der Waals surface area contributed by atoms with Crippen LogP contribution in [0.3, 0.4) is 0 Å². The lowest BCUT2D eigenvalue weighted by atomic mass is 10.0. The molecule has 1 fully saturated rings. The van der Waals surface area contributed by atoms with Crippen molar-refractivity contribution in [1.29, 1.82) is 0 Å². The van der Waals surface area contributed by atoms with Gasteiger partial charge >= 0.3 is 0 Å². The molecule has 1 saturated heterocycles. The molecule has 1 aliphatic heterocycles. The highest BCUT2D eigenvalue weighted by Crippen LogP contribution is 2.26. The number of carbonyl (C=O) groups excluding carboxylic acids is 1. The molecule has 22 heavy (non-hydrogen) atoms. The number of nitrogens with zero attached hydrogens (tertiary/aromatic N) is 2. The van der Waals surface area contributed by atoms with Crippen molar-refractivity contribution < 1.29 is 13.6 Å². The standard InChI is InChI=1S/C16H16BrFN2O2/c1-19-8-9-20(16(21)14-6-7-15(17)22-14)10-13(19)11-2-4-12(18)5-3-11/h2-7,13H,8-10H2,1H3. The molecule has 0 saturated carbocycles. The zero-order valence-corrected chi connectivity index (χ0v) is 13.7. The van der Waals surface area contributed by atoms with E-state index in [-0.39, 0.29) is 17.8 Å². The van der Waals surface area contributed by atoms with Crippen LogP contribution in [0.2, 0.25) is 0 Å². The first-order valence-corrected chi connectivity index (χ1v) is 7.84. The number of halogens is 2. The van der Waals surface area contributed by atoms with Crippen molar-refractivity contribution >= 4 is 21.8 Å². The Morgan fingerprint density at radius 1 is 1.23 bits per heavy atom. The van der Waals surface area contributed by atoms with Gasteiger partial charge in [-0.3, -0.25) is 9.69 Å². The van der Waals surface area contributed by atoms with Gasteiger partial charge < -0.3 is 9.32 Å². The molecule has 1 amide bonds. The first-order chi connectivity index (χ1) is 10.5. The summed E-state index contributed by atoms with van der Waals surface area (Å²) in [6, 6.07) is 9.87. The van der Waals surface area contributed by atoms with E-state index in [1.165, 1.54) is 12.1 Å². The first kappa shape index (κ1) is 15.2. The molecule has 4 nitrogen and oxygen atoms in total. The zero-order chi connectivity index (χ0) is 15.7. The van der Waals surface area contributed by atoms with E-state index in [1.807, 2.05) is 7.05 Å². The summed E-state index contributed by atoms with van der Waals surface area (Å²) in [4.78, 5) is 16.4. The molecule has 116 valence electrons. The van der Waals surface area contributed by atoms with Gasteiger partial charge in [-0.05, 0) is 52.8 Å². The summed E-state index contributed by atoms with van der Waals surface area (Å²) in [7, 11) is 2.01. The molecule has 0 aliphatic carbocycles. The Morgan fingerprint density at radius 3 is 2.59 bits per heavy atom. The Balaban J connectivity index is 1.78. The third kappa shape index (κ3) is 3.08. The molecule has 1 aliphatic rings. The molecule has 1 aromatic heterocycles. The van der Waals surface area contributed by atoms with E-state index in [1.54, 1.807) is 29.2 Å². The van der Waals surface area contributed by atoms with Crippen LogP contribution in [-0.2, 0) is 0 Å². The van der Waals surface area contributed by atoms with Gasteiger partial charge in [-0.15, -0.1) is 0 Å². The SMILES string of the molecule is CN1CCN(C(=O)c2ccc(Br)o2)CC1c1ccc(F)cc1. The summed E-state index contributed by atoms with van der Waals surface area (Å²) < 4.78 is 19.0. The minimum absolute atomic E-state index is 0.0525. The van der Waals surface area contributed by atoms with Crippen LogP contribution < -0.4 is 0 Å². The van der Waals surface area contributed by atoms with Crippen LogP contribution in [0.25, 0.3) is 0 Å². The smallest absolute Gasteiger partial charge is 0.289 e. The predicted molar refractivity (Wildman–Crippen MR) is 84.1 cm³/mol. The second-order valence-electron chi connectivity index (χ2n) is 5.40. The van der Waals surface area contributed by atoms with Crippen LogP contribution in [0.15, 0.2) is 45.5 Å². The van der Waals surface area contributed by atoms with Gasteiger partial charge in [0.1, 0.15) is 5.82 Å². The maximum atomic E-state index is 13.1. The Hall–Kier alpha value is -1.66. The van der Waals surface area contributed by atoms with Gasteiger partial charge in [0.25, 0.3) is 5.91 Å². The molecular weight excluding hydrogens is 351 g/mol. The van der Waals surface area contributed by atoms with Crippen molar-refractivity contribution in [3.05, 3.63) is 58.2 Å². The molecule has 0 radical (unpaired) electrons. The molecule has 0 spiro atoms. The number of piperazine rings is 1. The van der Waals surface area contributed by atoms with Crippen molar-refractivity contribution in [3.63, 3.8) is 0 Å². The summed E-state index contributed by atoms with van der Waals surface area (Å²) in [6.45, 7) is 1.96. The number of hydrogen-bond donors (Lipinski definition) is 0. The van der Waals surface area contributed by atoms with E-state index < -0.39 is 0 Å². The monoisotopic (exact) mass is 366 g/mol. The predicted octanol–water partition coefficient (Wildman–Crippen LogP) is 3.31. The summed E-state index contributed by atoms with van der Waals surface area (Å²) in [5.74, 6) is -0.0456. The molecule has 2 aromatic rings. The Kier molecular flexibility index (Phi) is 4.31. The van der Waals surface area contributed by atoms with E-state index in [0.29, 0.717) is 23.5 Å². The highest BCUT2D eigenvalue weighted by molar-refractivity contribution is 9.10. The zero-order valence-electron chi connectivity index (χ0n) is 12.1. The van der Waals surface area contributed by atoms with Crippen molar-refractivity contribution in [2.75, 3.05) is 26.7 Å². The second-order valence-corrected chi connectivity index (χ2v) is 6.18. The number of benzene rings is 1. The number of rotatable bonds is 2. The van der Waals surface area contributed by atoms with Crippen LogP contribution in [-0.4, -0.2) is 42.4 Å². The van der Waals surface area contributed by atoms with Crippen LogP contribution in [0.5, 0.6) is 0 Å². The van der Waals surface area contributed by atoms with Crippen molar-refractivity contribution in [2.24, 2.45) is 0 Å². The molecule has 6 heteroatoms. The summed E-state index contributed by atoms with van der Waals surface area (Å²) in [6.07, 6.45) is 0. The number of amides is 1. The molecule has 1 unspecified atom stereocenters. The molecule has 1 atom stereocenters. The Labute approximate surface area is 136 Å². The molecule has 2 heterocycles. The quantitative estimate of drug-likeness (QED) is 0.817. The fourth-order valence-corrected chi connectivity index (χ4v) is 2.99. The van der Waals surface area contributed by atoms with Gasteiger partial charge in [0.2, 0.25) is 0 Å². The van der Waals surface area contributed by atoms with E-state index in [9.17, 15) is 9.18 Å². The van der Waals surface area contributed by atoms with Gasteiger partial charge in [0, 0.05) is 19.6 Å². The van der Waals surface area contributed by atoms with Crippen molar-refractivity contribution in [2.45, 2.75) is 6.04 Å². The topological polar surface area (TPSA) is 36.7 Å². The highest BCUT2D eigenvalue weighted by Gasteiger charge is 2.30. The second kappa shape index (κ2) is 6.22. The lowest BCUT2D eigenvalue weighted by Crippen LogP contribution is -2.48. The van der Waals surface area contributed by atoms with E-state index in [0.717, 1.165) is 12.1 Å². The fraction of sp³-hybridized carbons (Fsp3) is 0.312. The average Bonchev–Trinajstić information content (AvgIpc) is 2.95. The number of furan rings is 1. The fourth-order valence-electron chi connectivity index (χ4n) is 2.69. The van der Waals surface area contributed by atoms with E-state index >= 15 is 0 Å². The third-order valence-electron chi connectivity index (χ3n) is 3.97. The largest absolute Gasteiger partial charge is 0.444 e. The number of carbonyl (C=O) groups is 1. The molecule has 0 N–H and O–H groups in total. The van der Waals surface area contributed by atoms with Gasteiger partial charge in [-0.1, -0.05) is 12.1 Å². The van der Waals surface area contributed by atoms with Crippen molar-refractivity contribution in [3.8, 4) is 0 Å². The minimum atomic E-state index is -0.254. The van der Waals surface area contributed by atoms with Crippen molar-refractivity contribution in [1.82, 2.24) is 9.80 Å². The summed E-state index contributed by atoms with van der Waals surface area (Å²) in [5, 5.41) is 0. The highest BCUT2D eigenvalue weighted by atomic mass is 79.9. The molecule has 0 bridgehead atoms. The number of likely N-dealkylation sites (N-methyl/N-ethyl adjacent to an activating group) is 1. The first-order valence-electron chi connectivity index (χ1n) is 7.05. The molecule has 1 aromatic carbocycles. The van der Waals surface area contributed by atoms with Crippen LogP contribution in [0, 0.1) is 5.82 Å². The average molecular weight is 367 g/mol. The maximum Gasteiger partial charge on any atom is 0.289 e. The third-order valence-corrected chi connectivity index (χ3v) is 4.40. The van der Waals surface area contributed by atoms with Gasteiger partial charge in [0.15, 0.2) is 10.4 Å². The van der Waals surface area contributed by atoms with Gasteiger partial charge in [-0.25, -0.2) is 4.39 Å². The van der Waals surface area contributed by atoms with Gasteiger partial charge in [0.05, 0.1) is 6.04 Å².